The third-order valence-corrected chi connectivity index (χ3v) is 15.1. The molecule has 0 unspecified atom stereocenters. The Labute approximate surface area is 725 Å². The zero-order valence-electron chi connectivity index (χ0n) is 74.5. The zero-order valence-corrected chi connectivity index (χ0v) is 77.9. The van der Waals surface area contributed by atoms with Crippen molar-refractivity contribution in [2.75, 3.05) is 52.5 Å². The minimum atomic E-state index is -3.53. The van der Waals surface area contributed by atoms with Gasteiger partial charge in [-0.3, -0.25) is 32.5 Å². The van der Waals surface area contributed by atoms with E-state index < -0.39 is 54.3 Å². The molecule has 0 saturated heterocycles. The third kappa shape index (κ3) is 82.2. The molecule has 648 valence electrons. The van der Waals surface area contributed by atoms with E-state index in [1.165, 1.54) is 11.1 Å². The van der Waals surface area contributed by atoms with Crippen molar-refractivity contribution in [2.45, 2.75) is 243 Å². The summed E-state index contributed by atoms with van der Waals surface area (Å²) in [6.07, 6.45) is 10.4. The third-order valence-electron chi connectivity index (χ3n) is 14.5. The Kier molecular flexibility index (Phi) is 64.6. The maximum absolute atomic E-state index is 12.2. The molecule has 0 saturated carbocycles. The number of nitrogens with two attached hydrogens (primary N) is 1. The van der Waals surface area contributed by atoms with Crippen molar-refractivity contribution in [3.05, 3.63) is 186 Å². The number of carbonyl (C=O) groups excluding carboxylic acids is 6. The number of esters is 5. The number of benzene rings is 5. The second kappa shape index (κ2) is 65.0. The molecule has 5 aromatic carbocycles. The first-order chi connectivity index (χ1) is 53.7. The van der Waals surface area contributed by atoms with Crippen LogP contribution in [-0.4, -0.2) is 139 Å². The van der Waals surface area contributed by atoms with Crippen molar-refractivity contribution < 1.29 is 114 Å². The zero-order chi connectivity index (χ0) is 89.8. The molecule has 4 N–H and O–H groups in total. The normalized spacial score (nSPS) is 12.5. The summed E-state index contributed by atoms with van der Waals surface area (Å²) in [4.78, 5) is 69.0. The van der Waals surface area contributed by atoms with Crippen LogP contribution in [0.2, 0.25) is 0 Å². The van der Waals surface area contributed by atoms with Crippen LogP contribution in [-0.2, 0) is 108 Å². The SMILES string of the molecule is CC(C)(C)OC(=O)C[C@H](CC#N)Cc1ccccc1.CC(C)(C)OC(=O)C[C@H](CCN)Cc1ccccc1.CC(C)(C)OC(=O)C[C@H](CO)Cc1ccccc1.CC(C)(C)OC(=O)C[C@H](COS(C)(=O)=O)Cc1ccccc1.CC(C)C=O.CC(C)CNCC[C@@H](CC(=O)OC(C)(C)C)Cc1ccccc1.CS(=O)(=O)Cl.[2H]CF.[C-]#N.[Na+]. The van der Waals surface area contributed by atoms with Gasteiger partial charge < -0.3 is 56.5 Å². The van der Waals surface area contributed by atoms with Gasteiger partial charge in [0.05, 0.1) is 46.6 Å². The number of nitrogens with one attached hydrogen (secondary N) is 1. The number of halogens is 2. The van der Waals surface area contributed by atoms with Gasteiger partial charge in [-0.2, -0.15) is 13.7 Å². The maximum Gasteiger partial charge on any atom is 1.00 e. The minimum Gasteiger partial charge on any atom is -0.512 e. The molecule has 0 bridgehead atoms. The van der Waals surface area contributed by atoms with Crippen LogP contribution in [0.4, 0.5) is 4.39 Å². The second-order valence-corrected chi connectivity index (χ2v) is 38.0. The summed E-state index contributed by atoms with van der Waals surface area (Å²) in [6, 6.07) is 52.1. The van der Waals surface area contributed by atoms with Crippen LogP contribution in [0.3, 0.4) is 0 Å². The number of ether oxygens (including phenoxy) is 5. The van der Waals surface area contributed by atoms with E-state index >= 15 is 0 Å². The van der Waals surface area contributed by atoms with Gasteiger partial charge in [-0.1, -0.05) is 179 Å². The standard InChI is InChI=1S/C20H33NO2.C16H25NO2.C16H21NO2.C16H24O5S.C15H22O3.C4H8O.CH3ClO2S.CH3F.CN.Na/c1-16(2)15-21-12-11-18(13-17-9-7-6-8-10-17)14-19(22)23-20(3,4)5;2*1-16(2,3)19-15(18)12-14(9-10-17)11-13-7-5-4-6-8-13;1-16(2,3)21-15(17)11-14(12-20-22(4,18)19)10-13-8-6-5-7-9-13;1-15(2,3)18-14(17)10-13(11-16)9-12-7-5-4-6-8-12;1-4(2)3-5;1-5(2,3)4;2*1-2;/h6-10,16,18,21H,11-15H2,1-5H3;4-8,14H,9-12,17H2,1-3H3;4-8,14H,9,11-12H2,1-3H3;5-9,14H,10-12H2,1-4H3;4-8,13,16H,9-11H2,1-3H3;3-4H,1-2H3;1H3;1H3;;/q;;;;;;;;-1;+1/t18-;3*14-;13-;;;;;/m11111...../s1/i;;;;;;;1D;;. The summed E-state index contributed by atoms with van der Waals surface area (Å²) in [7, 11) is -3.23. The van der Waals surface area contributed by atoms with Crippen LogP contribution >= 0.6 is 10.7 Å². The van der Waals surface area contributed by atoms with Gasteiger partial charge in [0.2, 0.25) is 9.05 Å². The molecule has 21 nitrogen and oxygen atoms in total. The van der Waals surface area contributed by atoms with Crippen LogP contribution in [0.5, 0.6) is 0 Å². The van der Waals surface area contributed by atoms with Crippen molar-refractivity contribution in [1.29, 1.82) is 10.5 Å². The van der Waals surface area contributed by atoms with E-state index in [0.717, 1.165) is 80.7 Å². The Balaban J connectivity index is -0.000000427. The molecule has 0 radical (unpaired) electrons. The van der Waals surface area contributed by atoms with E-state index in [9.17, 15) is 55.1 Å². The van der Waals surface area contributed by atoms with Crippen LogP contribution < -0.4 is 40.6 Å². The Morgan fingerprint density at radius 2 is 0.741 bits per heavy atom. The maximum atomic E-state index is 12.2. The van der Waals surface area contributed by atoms with Gasteiger partial charge >= 0.3 is 59.4 Å². The first-order valence-electron chi connectivity index (χ1n) is 39.4. The summed E-state index contributed by atoms with van der Waals surface area (Å²) in [5.74, 6) is 0.0185. The van der Waals surface area contributed by atoms with Crippen molar-refractivity contribution in [3.63, 3.8) is 0 Å². The predicted octanol–water partition coefficient (Wildman–Crippen LogP) is 14.5. The molecule has 116 heavy (non-hydrogen) atoms. The topological polar surface area (TPSA) is 332 Å². The fourth-order valence-corrected chi connectivity index (χ4v) is 10.7. The van der Waals surface area contributed by atoms with Crippen LogP contribution in [0.15, 0.2) is 152 Å². The Morgan fingerprint density at radius 1 is 0.509 bits per heavy atom. The van der Waals surface area contributed by atoms with Gasteiger partial charge in [0.25, 0.3) is 10.1 Å². The van der Waals surface area contributed by atoms with Crippen molar-refractivity contribution in [2.24, 2.45) is 47.2 Å². The minimum absolute atomic E-state index is 0. The van der Waals surface area contributed by atoms with Crippen LogP contribution in [0.1, 0.15) is 212 Å². The molecule has 0 aliphatic rings. The molecule has 0 heterocycles. The predicted molar refractivity (Wildman–Crippen MR) is 458 cm³/mol. The van der Waals surface area contributed by atoms with Crippen molar-refractivity contribution in [3.8, 4) is 6.07 Å². The van der Waals surface area contributed by atoms with Crippen molar-refractivity contribution in [1.82, 2.24) is 5.32 Å². The number of aliphatic hydroxyl groups excluding tert-OH is 1. The number of hydrogen-bond acceptors (Lipinski definition) is 21. The van der Waals surface area contributed by atoms with Gasteiger partial charge in [0.1, 0.15) is 34.3 Å². The molecule has 0 amide bonds. The van der Waals surface area contributed by atoms with E-state index in [1.807, 2.05) is 212 Å². The molecule has 0 aliphatic heterocycles. The number of aldehydes is 1. The Morgan fingerprint density at radius 3 is 0.974 bits per heavy atom. The molecular formula is C90H139ClFN4NaO17S2. The molecule has 26 heteroatoms. The molecule has 0 spiro atoms. The van der Waals surface area contributed by atoms with Crippen LogP contribution in [0.25, 0.3) is 0 Å². The quantitative estimate of drug-likeness (QED) is 0.00513. The molecule has 5 atom stereocenters. The van der Waals surface area contributed by atoms with E-state index in [4.69, 9.17) is 52.1 Å². The smallest absolute Gasteiger partial charge is 0.512 e. The summed E-state index contributed by atoms with van der Waals surface area (Å²) in [5.41, 5.74) is 9.11. The molecule has 0 fully saturated rings. The largest absolute Gasteiger partial charge is 1.00 e. The number of hydrogen-bond donors (Lipinski definition) is 3. The number of nitrogens with zero attached hydrogens (tertiary/aromatic N) is 2. The van der Waals surface area contributed by atoms with E-state index in [1.54, 1.807) is 20.8 Å². The number of carbonyl (C=O) groups is 6. The van der Waals surface area contributed by atoms with Gasteiger partial charge in [0.15, 0.2) is 0 Å². The molecular weight excluding hydrogens is 1550 g/mol. The van der Waals surface area contributed by atoms with E-state index in [2.05, 4.69) is 72.3 Å². The summed E-state index contributed by atoms with van der Waals surface area (Å²) in [5, 5.41) is 27.9. The monoisotopic (exact) mass is 1690 g/mol. The van der Waals surface area contributed by atoms with Gasteiger partial charge in [-0.25, -0.2) is 8.42 Å². The van der Waals surface area contributed by atoms with Gasteiger partial charge in [-0.15, -0.1) is 0 Å². The fourth-order valence-electron chi connectivity index (χ4n) is 10.3. The Hall–Kier alpha value is -6.94. The van der Waals surface area contributed by atoms with Gasteiger partial charge in [0, 0.05) is 48.9 Å². The van der Waals surface area contributed by atoms with E-state index in [-0.39, 0.29) is 115 Å². The number of rotatable bonds is 33. The summed E-state index contributed by atoms with van der Waals surface area (Å²) >= 11 is 0. The molecule has 0 aromatic heterocycles. The van der Waals surface area contributed by atoms with Crippen LogP contribution in [0, 0.1) is 64.6 Å². The molecule has 5 aromatic rings. The number of nitriles is 1. The van der Waals surface area contributed by atoms with Crippen molar-refractivity contribution >= 4 is 66.0 Å². The summed E-state index contributed by atoms with van der Waals surface area (Å²) in [6.45, 7) is 43.3. The average Bonchev–Trinajstić information content (AvgIpc) is 1.79. The number of alkyl halides is 1. The molecule has 0 aliphatic carbocycles. The average molecular weight is 1690 g/mol. The number of aliphatic hydroxyl groups is 1. The molecule has 5 rings (SSSR count). The first-order valence-corrected chi connectivity index (χ1v) is 43.2. The van der Waals surface area contributed by atoms with E-state index in [0.29, 0.717) is 56.9 Å². The first kappa shape index (κ1) is 115. The fraction of sp³-hybridized carbons (Fsp3) is 0.578. The van der Waals surface area contributed by atoms with Gasteiger partial charge in [-0.05, 0) is 232 Å². The second-order valence-electron chi connectivity index (χ2n) is 33.3. The summed E-state index contributed by atoms with van der Waals surface area (Å²) < 4.78 is 88.2. The Bertz CT molecular complexity index is 3700.